The van der Waals surface area contributed by atoms with E-state index in [2.05, 4.69) is 129 Å². The molecule has 0 aliphatic heterocycles. The molecule has 4 aromatic rings. The van der Waals surface area contributed by atoms with Gasteiger partial charge in [-0.15, -0.1) is 0 Å². The van der Waals surface area contributed by atoms with Crippen molar-refractivity contribution in [2.24, 2.45) is 0 Å². The van der Waals surface area contributed by atoms with Gasteiger partial charge in [0.2, 0.25) is 0 Å². The van der Waals surface area contributed by atoms with Gasteiger partial charge >= 0.3 is 0 Å². The van der Waals surface area contributed by atoms with E-state index in [0.29, 0.717) is 6.04 Å². The van der Waals surface area contributed by atoms with Crippen molar-refractivity contribution in [3.8, 4) is 11.5 Å². The number of nitrogens with zero attached hydrogens (tertiary/aromatic N) is 1. The molecule has 192 valence electrons. The van der Waals surface area contributed by atoms with E-state index in [9.17, 15) is 0 Å². The van der Waals surface area contributed by atoms with Gasteiger partial charge in [0, 0.05) is 24.1 Å². The summed E-state index contributed by atoms with van der Waals surface area (Å²) in [7, 11) is 1.76. The lowest BCUT2D eigenvalue weighted by Crippen LogP contribution is -2.29. The summed E-state index contributed by atoms with van der Waals surface area (Å²) in [4.78, 5) is 2.59. The predicted octanol–water partition coefficient (Wildman–Crippen LogP) is 8.27. The average Bonchev–Trinajstić information content (AvgIpc) is 2.94. The van der Waals surface area contributed by atoms with Crippen molar-refractivity contribution in [1.29, 1.82) is 0 Å². The smallest absolute Gasteiger partial charge is 0.122 e. The molecule has 0 fully saturated rings. The van der Waals surface area contributed by atoms with Crippen molar-refractivity contribution < 1.29 is 9.47 Å². The third kappa shape index (κ3) is 7.24. The second-order valence-corrected chi connectivity index (χ2v) is 9.86. The Balaban J connectivity index is 1.64. The van der Waals surface area contributed by atoms with Crippen LogP contribution in [0.5, 0.6) is 11.5 Å². The van der Waals surface area contributed by atoms with Crippen molar-refractivity contribution >= 4 is 0 Å². The number of rotatable bonds is 12. The summed E-state index contributed by atoms with van der Waals surface area (Å²) in [6.07, 6.45) is 1.12. The number of hydrogen-bond acceptors (Lipinski definition) is 3. The van der Waals surface area contributed by atoms with E-state index < -0.39 is 0 Å². The number of para-hydroxylation sites is 1. The molecule has 0 radical (unpaired) electrons. The third-order valence-corrected chi connectivity index (χ3v) is 6.93. The quantitative estimate of drug-likeness (QED) is 0.198. The molecule has 0 saturated carbocycles. The maximum atomic E-state index is 5.91. The Morgan fingerprint density at radius 2 is 1.30 bits per heavy atom. The largest absolute Gasteiger partial charge is 0.496 e. The van der Waals surface area contributed by atoms with Gasteiger partial charge in [-0.05, 0) is 68.6 Å². The van der Waals surface area contributed by atoms with Crippen LogP contribution < -0.4 is 9.47 Å². The zero-order valence-corrected chi connectivity index (χ0v) is 22.5. The van der Waals surface area contributed by atoms with Crippen molar-refractivity contribution in [1.82, 2.24) is 4.90 Å². The van der Waals surface area contributed by atoms with Crippen molar-refractivity contribution in [3.05, 3.63) is 131 Å². The Morgan fingerprint density at radius 1 is 0.676 bits per heavy atom. The van der Waals surface area contributed by atoms with Crippen LogP contribution in [-0.4, -0.2) is 24.7 Å². The molecular formula is C34H39NO2. The number of methoxy groups -OCH3 is 1. The fourth-order valence-corrected chi connectivity index (χ4v) is 4.97. The molecule has 0 aromatic heterocycles. The molecule has 0 saturated heterocycles. The highest BCUT2D eigenvalue weighted by Crippen LogP contribution is 2.36. The van der Waals surface area contributed by atoms with Crippen molar-refractivity contribution in [2.45, 2.75) is 51.8 Å². The fourth-order valence-electron chi connectivity index (χ4n) is 4.97. The summed E-state index contributed by atoms with van der Waals surface area (Å²) < 4.78 is 11.7. The van der Waals surface area contributed by atoms with Crippen LogP contribution in [0.3, 0.4) is 0 Å². The van der Waals surface area contributed by atoms with E-state index in [4.69, 9.17) is 9.47 Å². The van der Waals surface area contributed by atoms with Gasteiger partial charge in [0.25, 0.3) is 0 Å². The zero-order chi connectivity index (χ0) is 26.0. The molecule has 0 N–H and O–H groups in total. The highest BCUT2D eigenvalue weighted by molar-refractivity contribution is 5.43. The lowest BCUT2D eigenvalue weighted by Gasteiger charge is -2.32. The molecule has 0 aliphatic carbocycles. The monoisotopic (exact) mass is 493 g/mol. The van der Waals surface area contributed by atoms with Crippen LogP contribution in [0, 0.1) is 0 Å². The van der Waals surface area contributed by atoms with Gasteiger partial charge in [-0.25, -0.2) is 0 Å². The van der Waals surface area contributed by atoms with Crippen LogP contribution in [0.2, 0.25) is 0 Å². The van der Waals surface area contributed by atoms with Crippen LogP contribution in [0.15, 0.2) is 109 Å². The molecule has 0 unspecified atom stereocenters. The first kappa shape index (κ1) is 26.5. The summed E-state index contributed by atoms with van der Waals surface area (Å²) in [5.41, 5.74) is 5.15. The molecule has 2 atom stereocenters. The van der Waals surface area contributed by atoms with Gasteiger partial charge in [0.1, 0.15) is 11.5 Å². The van der Waals surface area contributed by atoms with Gasteiger partial charge in [0.15, 0.2) is 0 Å². The molecule has 0 aliphatic rings. The standard InChI is InChI=1S/C34H39NO2/c1-26(2)37-31-21-19-30(20-22-31)32(33-17-11-12-18-34(33)36-4)23-24-35(25-28-13-7-5-8-14-28)27(3)29-15-9-6-10-16-29/h5-22,26-27,32H,23-25H2,1-4H3/t27-,32+/m1/s1. The Bertz CT molecular complexity index is 1210. The topological polar surface area (TPSA) is 21.7 Å². The first-order valence-electron chi connectivity index (χ1n) is 13.3. The maximum absolute atomic E-state index is 5.91. The Morgan fingerprint density at radius 3 is 1.95 bits per heavy atom. The second kappa shape index (κ2) is 13.1. The molecule has 0 spiro atoms. The van der Waals surface area contributed by atoms with Gasteiger partial charge < -0.3 is 9.47 Å². The summed E-state index contributed by atoms with van der Waals surface area (Å²) >= 11 is 0. The van der Waals surface area contributed by atoms with Gasteiger partial charge in [-0.2, -0.15) is 0 Å². The maximum Gasteiger partial charge on any atom is 0.122 e. The van der Waals surface area contributed by atoms with Gasteiger partial charge in [-0.3, -0.25) is 4.90 Å². The molecule has 0 amide bonds. The van der Waals surface area contributed by atoms with Crippen molar-refractivity contribution in [2.75, 3.05) is 13.7 Å². The second-order valence-electron chi connectivity index (χ2n) is 9.86. The minimum absolute atomic E-state index is 0.155. The van der Waals surface area contributed by atoms with E-state index >= 15 is 0 Å². The molecule has 3 nitrogen and oxygen atoms in total. The number of hydrogen-bond donors (Lipinski definition) is 0. The lowest BCUT2D eigenvalue weighted by atomic mass is 9.87. The first-order valence-corrected chi connectivity index (χ1v) is 13.3. The Hall–Kier alpha value is -3.56. The van der Waals surface area contributed by atoms with Crippen LogP contribution in [0.4, 0.5) is 0 Å². The van der Waals surface area contributed by atoms with Crippen LogP contribution in [-0.2, 0) is 6.54 Å². The molecule has 0 bridgehead atoms. The third-order valence-electron chi connectivity index (χ3n) is 6.93. The Kier molecular flexibility index (Phi) is 9.40. The van der Waals surface area contributed by atoms with E-state index in [-0.39, 0.29) is 12.0 Å². The minimum Gasteiger partial charge on any atom is -0.496 e. The summed E-state index contributed by atoms with van der Waals surface area (Å²) in [5, 5.41) is 0. The Labute approximate surface area is 222 Å². The summed E-state index contributed by atoms with van der Waals surface area (Å²) in [6, 6.07) is 38.9. The van der Waals surface area contributed by atoms with Crippen molar-refractivity contribution in [3.63, 3.8) is 0 Å². The normalized spacial score (nSPS) is 12.9. The van der Waals surface area contributed by atoms with E-state index in [1.165, 1.54) is 22.3 Å². The highest BCUT2D eigenvalue weighted by Gasteiger charge is 2.22. The minimum atomic E-state index is 0.155. The lowest BCUT2D eigenvalue weighted by molar-refractivity contribution is 0.196. The van der Waals surface area contributed by atoms with E-state index in [1.807, 2.05) is 6.07 Å². The molecular weight excluding hydrogens is 454 g/mol. The first-order chi connectivity index (χ1) is 18.0. The highest BCUT2D eigenvalue weighted by atomic mass is 16.5. The van der Waals surface area contributed by atoms with Gasteiger partial charge in [0.05, 0.1) is 13.2 Å². The summed E-state index contributed by atoms with van der Waals surface area (Å²) in [5.74, 6) is 2.03. The van der Waals surface area contributed by atoms with Crippen LogP contribution >= 0.6 is 0 Å². The summed E-state index contributed by atoms with van der Waals surface area (Å²) in [6.45, 7) is 8.27. The number of ether oxygens (including phenoxy) is 2. The SMILES string of the molecule is COc1ccccc1[C@@H](CCN(Cc1ccccc1)[C@H](C)c1ccccc1)c1ccc(OC(C)C)cc1. The number of benzene rings is 4. The fraction of sp³-hybridized carbons (Fsp3) is 0.294. The molecule has 3 heteroatoms. The van der Waals surface area contributed by atoms with Crippen LogP contribution in [0.1, 0.15) is 61.4 Å². The molecule has 4 rings (SSSR count). The van der Waals surface area contributed by atoms with E-state index in [1.54, 1.807) is 7.11 Å². The van der Waals surface area contributed by atoms with Crippen LogP contribution in [0.25, 0.3) is 0 Å². The average molecular weight is 494 g/mol. The van der Waals surface area contributed by atoms with E-state index in [0.717, 1.165) is 31.0 Å². The molecule has 4 aromatic carbocycles. The molecule has 0 heterocycles. The predicted molar refractivity (Wildman–Crippen MR) is 153 cm³/mol. The van der Waals surface area contributed by atoms with Gasteiger partial charge in [-0.1, -0.05) is 91.0 Å². The zero-order valence-electron chi connectivity index (χ0n) is 22.5. The molecule has 37 heavy (non-hydrogen) atoms.